The topological polar surface area (TPSA) is 67.5 Å². The van der Waals surface area contributed by atoms with Gasteiger partial charge in [-0.25, -0.2) is 4.79 Å². The van der Waals surface area contributed by atoms with Crippen LogP contribution in [0.4, 0.5) is 0 Å². The van der Waals surface area contributed by atoms with Crippen LogP contribution in [0.15, 0.2) is 51.7 Å². The van der Waals surface area contributed by atoms with Crippen LogP contribution in [0.25, 0.3) is 22.3 Å². The molecule has 1 heterocycles. The maximum Gasteiger partial charge on any atom is 0.339 e. The minimum Gasteiger partial charge on any atom is -0.478 e. The average molecular weight is 240 g/mol. The molecule has 4 heteroatoms. The van der Waals surface area contributed by atoms with Crippen molar-refractivity contribution in [2.24, 2.45) is 0 Å². The zero-order valence-electron chi connectivity index (χ0n) is 9.21. The molecule has 2 aliphatic rings. The first-order valence-electron chi connectivity index (χ1n) is 5.36. The summed E-state index contributed by atoms with van der Waals surface area (Å²) in [6, 6.07) is 11.7. The maximum atomic E-state index is 12.0. The van der Waals surface area contributed by atoms with E-state index in [1.807, 2.05) is 18.2 Å². The van der Waals surface area contributed by atoms with Crippen LogP contribution in [0, 0.1) is 0 Å². The largest absolute Gasteiger partial charge is 0.478 e. The maximum absolute atomic E-state index is 12.0. The smallest absolute Gasteiger partial charge is 0.339 e. The standard InChI is InChI=1S/C14H8O4/c15-13-9(14(16)17)5-6-12-10(13)7-8-3-1-2-4-11(8)18-12/h1-7H,(H,16,17). The molecule has 0 radical (unpaired) electrons. The first-order chi connectivity index (χ1) is 8.66. The summed E-state index contributed by atoms with van der Waals surface area (Å²) in [5, 5.41) is 9.68. The van der Waals surface area contributed by atoms with Crippen LogP contribution in [0.2, 0.25) is 0 Å². The van der Waals surface area contributed by atoms with Crippen molar-refractivity contribution in [2.75, 3.05) is 0 Å². The Hall–Kier alpha value is -2.62. The fourth-order valence-corrected chi connectivity index (χ4v) is 1.94. The van der Waals surface area contributed by atoms with Crippen LogP contribution in [0.5, 0.6) is 0 Å². The third kappa shape index (κ3) is 1.47. The van der Waals surface area contributed by atoms with Crippen molar-refractivity contribution >= 4 is 16.9 Å². The third-order valence-electron chi connectivity index (χ3n) is 2.83. The fourth-order valence-electron chi connectivity index (χ4n) is 1.94. The lowest BCUT2D eigenvalue weighted by molar-refractivity contribution is 0.0695. The average Bonchev–Trinajstić information content (AvgIpc) is 2.37. The second-order valence-corrected chi connectivity index (χ2v) is 3.94. The fraction of sp³-hybridized carbons (Fsp3) is 0. The van der Waals surface area contributed by atoms with Gasteiger partial charge in [0.05, 0.1) is 5.56 Å². The minimum atomic E-state index is -1.23. The third-order valence-corrected chi connectivity index (χ3v) is 2.83. The summed E-state index contributed by atoms with van der Waals surface area (Å²) in [7, 11) is 0. The van der Waals surface area contributed by atoms with Gasteiger partial charge in [0.1, 0.15) is 16.9 Å². The molecule has 0 fully saturated rings. The van der Waals surface area contributed by atoms with Crippen LogP contribution in [-0.4, -0.2) is 11.1 Å². The molecule has 0 saturated carbocycles. The quantitative estimate of drug-likeness (QED) is 0.664. The Kier molecular flexibility index (Phi) is 2.16. The normalized spacial score (nSPS) is 10.9. The molecule has 1 aromatic rings. The van der Waals surface area contributed by atoms with E-state index in [4.69, 9.17) is 9.52 Å². The molecule has 0 spiro atoms. The number of carbonyl (C=O) groups is 1. The van der Waals surface area contributed by atoms with Gasteiger partial charge in [0.2, 0.25) is 5.43 Å². The zero-order chi connectivity index (χ0) is 12.7. The van der Waals surface area contributed by atoms with Gasteiger partial charge in [-0.05, 0) is 24.3 Å². The van der Waals surface area contributed by atoms with Gasteiger partial charge in [-0.2, -0.15) is 0 Å². The minimum absolute atomic E-state index is 0.243. The number of carboxylic acid groups (broad SMARTS) is 1. The predicted molar refractivity (Wildman–Crippen MR) is 66.1 cm³/mol. The van der Waals surface area contributed by atoms with Crippen molar-refractivity contribution in [2.45, 2.75) is 0 Å². The number of hydrogen-bond donors (Lipinski definition) is 1. The number of para-hydroxylation sites is 1. The van der Waals surface area contributed by atoms with Crippen LogP contribution < -0.4 is 5.43 Å². The Morgan fingerprint density at radius 2 is 1.89 bits per heavy atom. The molecule has 18 heavy (non-hydrogen) atoms. The van der Waals surface area contributed by atoms with E-state index in [-0.39, 0.29) is 11.1 Å². The Bertz CT molecular complexity index is 785. The Balaban J connectivity index is 2.45. The van der Waals surface area contributed by atoms with E-state index in [0.717, 1.165) is 5.39 Å². The second-order valence-electron chi connectivity index (χ2n) is 3.94. The highest BCUT2D eigenvalue weighted by molar-refractivity contribution is 5.91. The number of hydrogen-bond acceptors (Lipinski definition) is 3. The van der Waals surface area contributed by atoms with Crippen LogP contribution in [0.1, 0.15) is 10.4 Å². The van der Waals surface area contributed by atoms with Crippen LogP contribution >= 0.6 is 0 Å². The number of rotatable bonds is 1. The van der Waals surface area contributed by atoms with Crippen molar-refractivity contribution in [1.29, 1.82) is 0 Å². The van der Waals surface area contributed by atoms with Gasteiger partial charge in [-0.3, -0.25) is 4.79 Å². The molecule has 1 aliphatic heterocycles. The molecule has 0 amide bonds. The predicted octanol–water partition coefficient (Wildman–Crippen LogP) is 2.60. The van der Waals surface area contributed by atoms with Gasteiger partial charge < -0.3 is 9.52 Å². The Labute approximate surface area is 101 Å². The molecule has 0 aromatic heterocycles. The monoisotopic (exact) mass is 240 g/mol. The summed E-state index contributed by atoms with van der Waals surface area (Å²) in [6.45, 7) is 0. The molecular formula is C14H8O4. The molecular weight excluding hydrogens is 232 g/mol. The van der Waals surface area contributed by atoms with Gasteiger partial charge in [0.25, 0.3) is 0 Å². The lowest BCUT2D eigenvalue weighted by atomic mass is 10.0. The number of fused-ring (bicyclic) bond motifs is 2. The van der Waals surface area contributed by atoms with E-state index < -0.39 is 11.4 Å². The summed E-state index contributed by atoms with van der Waals surface area (Å²) in [4.78, 5) is 22.9. The molecule has 3 rings (SSSR count). The summed E-state index contributed by atoms with van der Waals surface area (Å²) in [6.07, 6.45) is 0. The molecule has 1 aliphatic carbocycles. The molecule has 4 nitrogen and oxygen atoms in total. The van der Waals surface area contributed by atoms with Crippen molar-refractivity contribution in [3.8, 4) is 11.3 Å². The van der Waals surface area contributed by atoms with E-state index in [2.05, 4.69) is 0 Å². The van der Waals surface area contributed by atoms with E-state index in [1.165, 1.54) is 12.1 Å². The molecule has 1 N–H and O–H groups in total. The van der Waals surface area contributed by atoms with E-state index in [1.54, 1.807) is 12.1 Å². The highest BCUT2D eigenvalue weighted by Gasteiger charge is 2.17. The summed E-state index contributed by atoms with van der Waals surface area (Å²) in [5.41, 5.74) is 0.184. The first kappa shape index (κ1) is 10.5. The summed E-state index contributed by atoms with van der Waals surface area (Å²) < 4.78 is 5.57. The van der Waals surface area contributed by atoms with Gasteiger partial charge in [0, 0.05) is 5.39 Å². The van der Waals surface area contributed by atoms with Gasteiger partial charge >= 0.3 is 5.97 Å². The van der Waals surface area contributed by atoms with Gasteiger partial charge in [0.15, 0.2) is 0 Å². The lowest BCUT2D eigenvalue weighted by Crippen LogP contribution is -2.16. The molecule has 0 atom stereocenters. The van der Waals surface area contributed by atoms with Crippen molar-refractivity contribution in [3.05, 3.63) is 58.3 Å². The van der Waals surface area contributed by atoms with E-state index in [9.17, 15) is 9.59 Å². The zero-order valence-corrected chi connectivity index (χ0v) is 9.21. The number of carboxylic acids is 1. The highest BCUT2D eigenvalue weighted by atomic mass is 16.4. The summed E-state index contributed by atoms with van der Waals surface area (Å²) >= 11 is 0. The van der Waals surface area contributed by atoms with Crippen LogP contribution in [0.3, 0.4) is 0 Å². The van der Waals surface area contributed by atoms with Crippen LogP contribution in [-0.2, 0) is 0 Å². The number of benzene rings is 2. The molecule has 88 valence electrons. The molecule has 1 aromatic carbocycles. The number of aromatic carboxylic acids is 1. The van der Waals surface area contributed by atoms with Gasteiger partial charge in [-0.1, -0.05) is 18.2 Å². The second kappa shape index (κ2) is 3.70. The first-order valence-corrected chi connectivity index (χ1v) is 5.36. The van der Waals surface area contributed by atoms with E-state index in [0.29, 0.717) is 11.3 Å². The molecule has 0 bridgehead atoms. The molecule has 0 saturated heterocycles. The van der Waals surface area contributed by atoms with Crippen molar-refractivity contribution < 1.29 is 14.3 Å². The molecule has 0 unspecified atom stereocenters. The van der Waals surface area contributed by atoms with Gasteiger partial charge in [-0.15, -0.1) is 0 Å². The van der Waals surface area contributed by atoms with Crippen molar-refractivity contribution in [3.63, 3.8) is 0 Å². The summed E-state index contributed by atoms with van der Waals surface area (Å²) in [5.74, 6) is -0.834. The Morgan fingerprint density at radius 1 is 1.11 bits per heavy atom. The SMILES string of the molecule is O=C(O)c1ccc2oc3ccccc3cc-2c1=O. The van der Waals surface area contributed by atoms with Crippen molar-refractivity contribution in [1.82, 2.24) is 0 Å². The Morgan fingerprint density at radius 3 is 2.67 bits per heavy atom. The lowest BCUT2D eigenvalue weighted by Gasteiger charge is -2.06. The highest BCUT2D eigenvalue weighted by Crippen LogP contribution is 2.25. The van der Waals surface area contributed by atoms with E-state index >= 15 is 0 Å².